The lowest BCUT2D eigenvalue weighted by atomic mass is 10.1. The van der Waals surface area contributed by atoms with E-state index in [1.807, 2.05) is 0 Å². The molecule has 0 aromatic carbocycles. The third kappa shape index (κ3) is 5.52. The summed E-state index contributed by atoms with van der Waals surface area (Å²) < 4.78 is 5.03. The Morgan fingerprint density at radius 3 is 2.60 bits per heavy atom. The van der Waals surface area contributed by atoms with Crippen LogP contribution in [0.2, 0.25) is 0 Å². The number of hydrogen-bond acceptors (Lipinski definition) is 4. The van der Waals surface area contributed by atoms with Gasteiger partial charge in [-0.15, -0.1) is 0 Å². The highest BCUT2D eigenvalue weighted by molar-refractivity contribution is 5.95. The van der Waals surface area contributed by atoms with Crippen molar-refractivity contribution < 1.29 is 9.53 Å². The lowest BCUT2D eigenvalue weighted by Gasteiger charge is -2.25. The third-order valence-electron chi connectivity index (χ3n) is 2.53. The summed E-state index contributed by atoms with van der Waals surface area (Å²) in [7, 11) is 0. The number of ether oxygens (including phenoxy) is 1. The Kier molecular flexibility index (Phi) is 5.32. The zero-order chi connectivity index (χ0) is 11.1. The van der Waals surface area contributed by atoms with Gasteiger partial charge in [0.2, 0.25) is 0 Å². The van der Waals surface area contributed by atoms with Gasteiger partial charge < -0.3 is 10.1 Å². The number of carbonyl (C=O) groups excluding carboxylic acids is 1. The monoisotopic (exact) mass is 212 g/mol. The van der Waals surface area contributed by atoms with Crippen molar-refractivity contribution in [2.45, 2.75) is 32.6 Å². The first-order valence-electron chi connectivity index (χ1n) is 5.60. The average Bonchev–Trinajstić information content (AvgIpc) is 2.18. The lowest BCUT2D eigenvalue weighted by Crippen LogP contribution is -2.33. The molecule has 0 atom stereocenters. The van der Waals surface area contributed by atoms with E-state index in [0.717, 1.165) is 19.6 Å². The number of piperidine rings is 1. The molecule has 1 saturated heterocycles. The van der Waals surface area contributed by atoms with E-state index in [4.69, 9.17) is 10.1 Å². The predicted molar refractivity (Wildman–Crippen MR) is 59.3 cm³/mol. The van der Waals surface area contributed by atoms with E-state index in [-0.39, 0.29) is 12.4 Å². The van der Waals surface area contributed by atoms with E-state index in [0.29, 0.717) is 12.3 Å². The van der Waals surface area contributed by atoms with E-state index in [1.165, 1.54) is 19.3 Å². The van der Waals surface area contributed by atoms with Gasteiger partial charge in [-0.3, -0.25) is 9.69 Å². The van der Waals surface area contributed by atoms with Gasteiger partial charge in [0.25, 0.3) is 0 Å². The van der Waals surface area contributed by atoms with Crippen LogP contribution in [0.5, 0.6) is 0 Å². The fraction of sp³-hybridized carbons (Fsp3) is 0.818. The number of nitrogens with zero attached hydrogens (tertiary/aromatic N) is 1. The molecule has 86 valence electrons. The second-order valence-corrected chi connectivity index (χ2v) is 4.08. The van der Waals surface area contributed by atoms with E-state index >= 15 is 0 Å². The van der Waals surface area contributed by atoms with Crippen LogP contribution < -0.4 is 0 Å². The molecule has 0 spiro atoms. The van der Waals surface area contributed by atoms with Crippen molar-refractivity contribution in [3.05, 3.63) is 0 Å². The van der Waals surface area contributed by atoms with Crippen LogP contribution in [0.15, 0.2) is 0 Å². The number of nitrogens with one attached hydrogen (secondary N) is 1. The van der Waals surface area contributed by atoms with Gasteiger partial charge in [0.05, 0.1) is 6.42 Å². The molecule has 0 aliphatic carbocycles. The number of hydrogen-bond donors (Lipinski definition) is 1. The summed E-state index contributed by atoms with van der Waals surface area (Å²) in [5, 5.41) is 7.14. The molecular formula is C11H20N2O2. The molecule has 1 aliphatic rings. The molecule has 0 bridgehead atoms. The predicted octanol–water partition coefficient (Wildman–Crippen LogP) is 1.45. The molecule has 15 heavy (non-hydrogen) atoms. The zero-order valence-corrected chi connectivity index (χ0v) is 9.42. The zero-order valence-electron chi connectivity index (χ0n) is 9.42. The van der Waals surface area contributed by atoms with Crippen molar-refractivity contribution >= 4 is 11.7 Å². The molecule has 1 heterocycles. The van der Waals surface area contributed by atoms with Crippen molar-refractivity contribution in [3.63, 3.8) is 0 Å². The Balaban J connectivity index is 2.04. The minimum Gasteiger partial charge on any atom is -0.464 e. The minimum atomic E-state index is -0.278. The molecule has 0 unspecified atom stereocenters. The number of rotatable bonds is 5. The fourth-order valence-electron chi connectivity index (χ4n) is 1.74. The Bertz CT molecular complexity index is 223. The number of carbonyl (C=O) groups is 1. The van der Waals surface area contributed by atoms with Gasteiger partial charge in [-0.25, -0.2) is 0 Å². The maximum absolute atomic E-state index is 11.1. The quantitative estimate of drug-likeness (QED) is 0.554. The lowest BCUT2D eigenvalue weighted by molar-refractivity contribution is -0.142. The van der Waals surface area contributed by atoms with Crippen molar-refractivity contribution in [3.8, 4) is 0 Å². The van der Waals surface area contributed by atoms with E-state index < -0.39 is 0 Å². The largest absolute Gasteiger partial charge is 0.464 e. The van der Waals surface area contributed by atoms with E-state index in [2.05, 4.69) is 4.90 Å². The summed E-state index contributed by atoms with van der Waals surface area (Å²) in [5.41, 5.74) is 0.359. The van der Waals surface area contributed by atoms with Gasteiger partial charge in [0.1, 0.15) is 6.61 Å². The van der Waals surface area contributed by atoms with E-state index in [1.54, 1.807) is 6.92 Å². The normalized spacial score (nSPS) is 17.4. The van der Waals surface area contributed by atoms with Crippen LogP contribution in [-0.2, 0) is 9.53 Å². The van der Waals surface area contributed by atoms with Gasteiger partial charge in [-0.2, -0.15) is 0 Å². The number of esters is 1. The Morgan fingerprint density at radius 1 is 1.33 bits per heavy atom. The van der Waals surface area contributed by atoms with Crippen molar-refractivity contribution in [1.82, 2.24) is 4.90 Å². The SMILES string of the molecule is CC(=N)CC(=O)OCCN1CCCCC1. The molecule has 0 saturated carbocycles. The van der Waals surface area contributed by atoms with E-state index in [9.17, 15) is 4.79 Å². The molecule has 1 fully saturated rings. The summed E-state index contributed by atoms with van der Waals surface area (Å²) in [6.45, 7) is 5.17. The summed E-state index contributed by atoms with van der Waals surface area (Å²) in [4.78, 5) is 13.4. The number of likely N-dealkylation sites (tertiary alicyclic amines) is 1. The standard InChI is InChI=1S/C11H20N2O2/c1-10(12)9-11(14)15-8-7-13-5-3-2-4-6-13/h12H,2-9H2,1H3. The summed E-state index contributed by atoms with van der Waals surface area (Å²) in [6.07, 6.45) is 3.96. The maximum Gasteiger partial charge on any atom is 0.311 e. The van der Waals surface area contributed by atoms with Gasteiger partial charge in [0.15, 0.2) is 0 Å². The van der Waals surface area contributed by atoms with Crippen LogP contribution in [0.3, 0.4) is 0 Å². The molecule has 0 aromatic heterocycles. The highest BCUT2D eigenvalue weighted by Gasteiger charge is 2.10. The van der Waals surface area contributed by atoms with Gasteiger partial charge in [0, 0.05) is 12.3 Å². The molecule has 0 aromatic rings. The van der Waals surface area contributed by atoms with Gasteiger partial charge >= 0.3 is 5.97 Å². The summed E-state index contributed by atoms with van der Waals surface area (Å²) >= 11 is 0. The Morgan fingerprint density at radius 2 is 2.00 bits per heavy atom. The molecule has 4 nitrogen and oxygen atoms in total. The fourth-order valence-corrected chi connectivity index (χ4v) is 1.74. The average molecular weight is 212 g/mol. The Labute approximate surface area is 91.1 Å². The molecule has 1 aliphatic heterocycles. The molecule has 0 radical (unpaired) electrons. The van der Waals surface area contributed by atoms with Crippen LogP contribution >= 0.6 is 0 Å². The maximum atomic E-state index is 11.1. The Hall–Kier alpha value is -0.900. The smallest absolute Gasteiger partial charge is 0.311 e. The van der Waals surface area contributed by atoms with Crippen LogP contribution in [0.4, 0.5) is 0 Å². The highest BCUT2D eigenvalue weighted by Crippen LogP contribution is 2.07. The summed E-state index contributed by atoms with van der Waals surface area (Å²) in [6, 6.07) is 0. The van der Waals surface area contributed by atoms with Crippen LogP contribution in [0, 0.1) is 5.41 Å². The van der Waals surface area contributed by atoms with Crippen molar-refractivity contribution in [2.24, 2.45) is 0 Å². The van der Waals surface area contributed by atoms with Gasteiger partial charge in [-0.1, -0.05) is 6.42 Å². The summed E-state index contributed by atoms with van der Waals surface area (Å²) in [5.74, 6) is -0.278. The van der Waals surface area contributed by atoms with Crippen LogP contribution in [0.25, 0.3) is 0 Å². The van der Waals surface area contributed by atoms with Crippen molar-refractivity contribution in [1.29, 1.82) is 5.41 Å². The first-order chi connectivity index (χ1) is 7.18. The van der Waals surface area contributed by atoms with Crippen LogP contribution in [0.1, 0.15) is 32.6 Å². The minimum absolute atomic E-state index is 0.125. The van der Waals surface area contributed by atoms with Crippen molar-refractivity contribution in [2.75, 3.05) is 26.2 Å². The second-order valence-electron chi connectivity index (χ2n) is 4.08. The topological polar surface area (TPSA) is 53.4 Å². The van der Waals surface area contributed by atoms with Gasteiger partial charge in [-0.05, 0) is 32.9 Å². The highest BCUT2D eigenvalue weighted by atomic mass is 16.5. The molecule has 4 heteroatoms. The van der Waals surface area contributed by atoms with Crippen LogP contribution in [-0.4, -0.2) is 42.8 Å². The molecule has 1 N–H and O–H groups in total. The first-order valence-corrected chi connectivity index (χ1v) is 5.60. The molecule has 1 rings (SSSR count). The first kappa shape index (κ1) is 12.2. The molecule has 0 amide bonds. The third-order valence-corrected chi connectivity index (χ3v) is 2.53. The second kappa shape index (κ2) is 6.56. The molecular weight excluding hydrogens is 192 g/mol.